The van der Waals surface area contributed by atoms with Crippen molar-refractivity contribution in [2.45, 2.75) is 24.9 Å². The number of phosphoric ester groups is 1. The fourth-order valence-corrected chi connectivity index (χ4v) is 2.19. The number of anilines is 1. The van der Waals surface area contributed by atoms with Crippen molar-refractivity contribution >= 4 is 13.6 Å². The first-order valence-electron chi connectivity index (χ1n) is 5.64. The van der Waals surface area contributed by atoms with Crippen molar-refractivity contribution in [1.82, 2.24) is 9.55 Å². The molecule has 1 aromatic heterocycles. The average molecular weight is 331 g/mol. The van der Waals surface area contributed by atoms with Gasteiger partial charge in [0.1, 0.15) is 18.1 Å². The number of ether oxygens (including phenoxy) is 1. The van der Waals surface area contributed by atoms with Gasteiger partial charge in [0.05, 0.1) is 12.7 Å². The molecule has 3 unspecified atom stereocenters. The van der Waals surface area contributed by atoms with Crippen molar-refractivity contribution in [3.63, 3.8) is 0 Å². The molecule has 2 heterocycles. The van der Waals surface area contributed by atoms with E-state index in [9.17, 15) is 14.5 Å². The van der Waals surface area contributed by atoms with Gasteiger partial charge in [0, 0.05) is 12.6 Å². The SMILES string of the molecule is Nc1ccn(C2CC(O)C(COP(=O)(O)O)O2)c(=O)n1.[H-].[Na+]. The van der Waals surface area contributed by atoms with E-state index in [1.54, 1.807) is 0 Å². The number of hydrogen-bond donors (Lipinski definition) is 4. The Hall–Kier alpha value is -0.290. The Morgan fingerprint density at radius 2 is 2.29 bits per heavy atom. The molecular weight excluding hydrogens is 316 g/mol. The number of aliphatic hydroxyl groups excluding tert-OH is 1. The van der Waals surface area contributed by atoms with E-state index in [4.69, 9.17) is 20.3 Å². The Balaban J connectivity index is 0.00000220. The number of aromatic nitrogens is 2. The summed E-state index contributed by atoms with van der Waals surface area (Å²) in [5.74, 6) is 0.0613. The zero-order valence-electron chi connectivity index (χ0n) is 12.2. The van der Waals surface area contributed by atoms with Crippen LogP contribution in [0, 0.1) is 0 Å². The van der Waals surface area contributed by atoms with E-state index in [1.165, 1.54) is 12.3 Å². The Kier molecular flexibility index (Phi) is 6.54. The van der Waals surface area contributed by atoms with Gasteiger partial charge in [0.2, 0.25) is 0 Å². The average Bonchev–Trinajstić information content (AvgIpc) is 2.67. The van der Waals surface area contributed by atoms with Crippen LogP contribution in [0.15, 0.2) is 17.1 Å². The van der Waals surface area contributed by atoms with Gasteiger partial charge >= 0.3 is 43.1 Å². The van der Waals surface area contributed by atoms with Crippen LogP contribution in [0.5, 0.6) is 0 Å². The van der Waals surface area contributed by atoms with E-state index in [0.717, 1.165) is 4.57 Å². The maximum atomic E-state index is 11.6. The number of nitrogens with zero attached hydrogens (tertiary/aromatic N) is 2. The molecule has 1 aliphatic rings. The molecule has 5 N–H and O–H groups in total. The van der Waals surface area contributed by atoms with Crippen molar-refractivity contribution in [2.75, 3.05) is 12.3 Å². The van der Waals surface area contributed by atoms with Crippen LogP contribution < -0.4 is 41.0 Å². The summed E-state index contributed by atoms with van der Waals surface area (Å²) in [5.41, 5.74) is 4.72. The molecule has 0 radical (unpaired) electrons. The Labute approximate surface area is 142 Å². The molecule has 0 aliphatic carbocycles. The van der Waals surface area contributed by atoms with Gasteiger partial charge in [0.15, 0.2) is 0 Å². The third kappa shape index (κ3) is 5.13. The normalized spacial score (nSPS) is 25.6. The predicted molar refractivity (Wildman–Crippen MR) is 66.6 cm³/mol. The monoisotopic (exact) mass is 331 g/mol. The van der Waals surface area contributed by atoms with Crippen molar-refractivity contribution in [3.05, 3.63) is 22.7 Å². The molecular formula is C9H15N3NaO7P. The predicted octanol–water partition coefficient (Wildman–Crippen LogP) is -4.30. The molecule has 21 heavy (non-hydrogen) atoms. The molecule has 12 heteroatoms. The van der Waals surface area contributed by atoms with Crippen LogP contribution >= 0.6 is 7.82 Å². The van der Waals surface area contributed by atoms with Crippen molar-refractivity contribution in [2.24, 2.45) is 0 Å². The summed E-state index contributed by atoms with van der Waals surface area (Å²) < 4.78 is 21.3. The third-order valence-corrected chi connectivity index (χ3v) is 3.26. The van der Waals surface area contributed by atoms with E-state index >= 15 is 0 Å². The fourth-order valence-electron chi connectivity index (χ4n) is 1.85. The summed E-state index contributed by atoms with van der Waals surface area (Å²) in [7, 11) is -4.64. The molecule has 1 saturated heterocycles. The second-order valence-electron chi connectivity index (χ2n) is 4.26. The van der Waals surface area contributed by atoms with Crippen LogP contribution in [0.4, 0.5) is 5.82 Å². The molecule has 0 spiro atoms. The quantitative estimate of drug-likeness (QED) is 0.316. The van der Waals surface area contributed by atoms with Crippen molar-refractivity contribution in [1.29, 1.82) is 0 Å². The zero-order chi connectivity index (χ0) is 14.9. The molecule has 10 nitrogen and oxygen atoms in total. The molecule has 1 aliphatic heterocycles. The number of nitrogen functional groups attached to an aromatic ring is 1. The minimum absolute atomic E-state index is 0. The second-order valence-corrected chi connectivity index (χ2v) is 5.50. The van der Waals surface area contributed by atoms with Gasteiger partial charge in [-0.05, 0) is 6.07 Å². The first-order valence-corrected chi connectivity index (χ1v) is 7.17. The minimum atomic E-state index is -4.64. The molecule has 1 aromatic rings. The van der Waals surface area contributed by atoms with Gasteiger partial charge in [-0.2, -0.15) is 4.98 Å². The minimum Gasteiger partial charge on any atom is -1.00 e. The summed E-state index contributed by atoms with van der Waals surface area (Å²) in [4.78, 5) is 32.3. The molecule has 1 fully saturated rings. The maximum absolute atomic E-state index is 11.6. The number of nitrogens with two attached hydrogens (primary N) is 1. The second kappa shape index (κ2) is 7.32. The Morgan fingerprint density at radius 3 is 2.86 bits per heavy atom. The fraction of sp³-hybridized carbons (Fsp3) is 0.556. The number of hydrogen-bond acceptors (Lipinski definition) is 7. The van der Waals surface area contributed by atoms with Gasteiger partial charge in [-0.1, -0.05) is 0 Å². The third-order valence-electron chi connectivity index (χ3n) is 2.77. The number of aliphatic hydroxyl groups is 1. The van der Waals surface area contributed by atoms with Crippen LogP contribution in [0.3, 0.4) is 0 Å². The van der Waals surface area contributed by atoms with Crippen LogP contribution in [-0.2, 0) is 13.8 Å². The summed E-state index contributed by atoms with van der Waals surface area (Å²) in [5, 5.41) is 9.74. The maximum Gasteiger partial charge on any atom is 1.00 e. The molecule has 114 valence electrons. The molecule has 0 amide bonds. The Morgan fingerprint density at radius 1 is 1.62 bits per heavy atom. The van der Waals surface area contributed by atoms with Gasteiger partial charge in [-0.15, -0.1) is 0 Å². The van der Waals surface area contributed by atoms with E-state index in [0.29, 0.717) is 0 Å². The summed E-state index contributed by atoms with van der Waals surface area (Å²) in [6.07, 6.45) is -1.32. The molecule has 0 bridgehead atoms. The largest absolute Gasteiger partial charge is 1.00 e. The Bertz CT molecular complexity index is 597. The van der Waals surface area contributed by atoms with E-state index in [2.05, 4.69) is 9.51 Å². The standard InChI is InChI=1S/C9H14N3O7P.Na.H/c10-7-1-2-12(9(14)11-7)8-3-5(13)6(19-8)4-18-20(15,16)17;;/h1-2,5-6,8,13H,3-4H2,(H2,10,11,14)(H2,15,16,17);;/q;+1;-1. The van der Waals surface area contributed by atoms with Crippen LogP contribution in [0.1, 0.15) is 14.1 Å². The first kappa shape index (κ1) is 18.8. The van der Waals surface area contributed by atoms with Crippen molar-refractivity contribution in [3.8, 4) is 0 Å². The van der Waals surface area contributed by atoms with Gasteiger partial charge in [-0.25, -0.2) is 9.36 Å². The summed E-state index contributed by atoms with van der Waals surface area (Å²) >= 11 is 0. The first-order chi connectivity index (χ1) is 9.26. The summed E-state index contributed by atoms with van der Waals surface area (Å²) in [6.45, 7) is -0.487. The van der Waals surface area contributed by atoms with Crippen molar-refractivity contribution < 1.29 is 59.7 Å². The van der Waals surface area contributed by atoms with Crippen LogP contribution in [0.25, 0.3) is 0 Å². The molecule has 2 rings (SSSR count). The molecule has 0 aromatic carbocycles. The van der Waals surface area contributed by atoms with Gasteiger partial charge < -0.3 is 26.8 Å². The van der Waals surface area contributed by atoms with Crippen LogP contribution in [0.2, 0.25) is 0 Å². The topological polar surface area (TPSA) is 157 Å². The van der Waals surface area contributed by atoms with Gasteiger partial charge in [0.25, 0.3) is 0 Å². The van der Waals surface area contributed by atoms with E-state index in [-0.39, 0.29) is 43.2 Å². The zero-order valence-corrected chi connectivity index (χ0v) is 14.1. The van der Waals surface area contributed by atoms with Crippen LogP contribution in [-0.4, -0.2) is 43.3 Å². The molecule has 0 saturated carbocycles. The number of rotatable bonds is 4. The van der Waals surface area contributed by atoms with E-state index < -0.39 is 38.6 Å². The smallest absolute Gasteiger partial charge is 1.00 e. The number of phosphoric acid groups is 1. The van der Waals surface area contributed by atoms with E-state index in [1.807, 2.05) is 0 Å². The summed E-state index contributed by atoms with van der Waals surface area (Å²) in [6, 6.07) is 1.40. The molecule has 3 atom stereocenters. The van der Waals surface area contributed by atoms with Gasteiger partial charge in [-0.3, -0.25) is 9.09 Å².